The lowest BCUT2D eigenvalue weighted by molar-refractivity contribution is 0.0589. The maximum Gasteiger partial charge on any atom is 0.261 e. The molecule has 0 aliphatic heterocycles. The van der Waals surface area contributed by atoms with Gasteiger partial charge in [-0.05, 0) is 34.5 Å². The van der Waals surface area contributed by atoms with Gasteiger partial charge in [0, 0.05) is 17.5 Å². The minimum absolute atomic E-state index is 0.000625. The highest BCUT2D eigenvalue weighted by Crippen LogP contribution is 2.39. The van der Waals surface area contributed by atoms with Crippen molar-refractivity contribution >= 4 is 33.2 Å². The van der Waals surface area contributed by atoms with Gasteiger partial charge < -0.3 is 11.1 Å². The minimum Gasteiger partial charge on any atom is -0.348 e. The number of nitrogens with one attached hydrogen (secondary N) is 1. The van der Waals surface area contributed by atoms with Gasteiger partial charge in [0.25, 0.3) is 5.91 Å². The summed E-state index contributed by atoms with van der Waals surface area (Å²) in [5.74, 6) is 0.000625. The van der Waals surface area contributed by atoms with Gasteiger partial charge in [-0.3, -0.25) is 4.79 Å². The Morgan fingerprint density at radius 3 is 2.75 bits per heavy atom. The van der Waals surface area contributed by atoms with Gasteiger partial charge in [-0.1, -0.05) is 13.8 Å². The van der Waals surface area contributed by atoms with E-state index in [4.69, 9.17) is 5.73 Å². The van der Waals surface area contributed by atoms with Gasteiger partial charge in [0.05, 0.1) is 8.66 Å². The highest BCUT2D eigenvalue weighted by Gasteiger charge is 2.46. The lowest BCUT2D eigenvalue weighted by Gasteiger charge is -2.50. The maximum atomic E-state index is 11.9. The summed E-state index contributed by atoms with van der Waals surface area (Å²) in [6.07, 6.45) is 0.866. The smallest absolute Gasteiger partial charge is 0.261 e. The Morgan fingerprint density at radius 1 is 1.62 bits per heavy atom. The van der Waals surface area contributed by atoms with Crippen LogP contribution in [-0.2, 0) is 0 Å². The number of thiophene rings is 1. The minimum atomic E-state index is 0.000625. The fourth-order valence-corrected chi connectivity index (χ4v) is 3.16. The van der Waals surface area contributed by atoms with E-state index in [0.717, 1.165) is 15.1 Å². The normalized spacial score (nSPS) is 27.2. The first kappa shape index (κ1) is 12.1. The number of carbonyl (C=O) groups excluding carboxylic acids is 1. The van der Waals surface area contributed by atoms with Gasteiger partial charge in [-0.25, -0.2) is 0 Å². The van der Waals surface area contributed by atoms with Gasteiger partial charge >= 0.3 is 0 Å². The number of nitrogens with two attached hydrogens (primary N) is 1. The molecule has 1 aromatic heterocycles. The second-order valence-corrected chi connectivity index (χ2v) is 7.26. The molecule has 1 heterocycles. The lowest BCUT2D eigenvalue weighted by atomic mass is 9.63. The Kier molecular flexibility index (Phi) is 3.11. The standard InChI is InChI=1S/C11H15BrN2OS/c1-11(2)7(13)5-8(11)14-10(15)6-3-4-9(12)16-6/h3-4,7-8H,5,13H2,1-2H3,(H,14,15). The molecule has 2 rings (SSSR count). The molecule has 1 aliphatic rings. The first-order valence-corrected chi connectivity index (χ1v) is 6.84. The van der Waals surface area contributed by atoms with E-state index >= 15 is 0 Å². The molecule has 1 amide bonds. The predicted octanol–water partition coefficient (Wildman–Crippen LogP) is 2.37. The fraction of sp³-hybridized carbons (Fsp3) is 0.545. The molecule has 0 spiro atoms. The Hall–Kier alpha value is -0.390. The van der Waals surface area contributed by atoms with Gasteiger partial charge in [0.1, 0.15) is 0 Å². The SMILES string of the molecule is CC1(C)C(N)CC1NC(=O)c1ccc(Br)s1. The molecule has 0 bridgehead atoms. The molecule has 3 nitrogen and oxygen atoms in total. The summed E-state index contributed by atoms with van der Waals surface area (Å²) < 4.78 is 0.974. The summed E-state index contributed by atoms with van der Waals surface area (Å²) in [7, 11) is 0. The molecule has 0 aromatic carbocycles. The third-order valence-corrected chi connectivity index (χ3v) is 5.07. The molecular weight excluding hydrogens is 288 g/mol. The lowest BCUT2D eigenvalue weighted by Crippen LogP contribution is -2.64. The topological polar surface area (TPSA) is 55.1 Å². The Balaban J connectivity index is 1.99. The summed E-state index contributed by atoms with van der Waals surface area (Å²) in [6, 6.07) is 4.09. The Labute approximate surface area is 108 Å². The van der Waals surface area contributed by atoms with Crippen LogP contribution in [-0.4, -0.2) is 18.0 Å². The van der Waals surface area contributed by atoms with E-state index in [9.17, 15) is 4.79 Å². The zero-order chi connectivity index (χ0) is 11.9. The second-order valence-electron chi connectivity index (χ2n) is 4.79. The van der Waals surface area contributed by atoms with Crippen LogP contribution >= 0.6 is 27.3 Å². The van der Waals surface area contributed by atoms with Crippen molar-refractivity contribution in [3.8, 4) is 0 Å². The zero-order valence-corrected chi connectivity index (χ0v) is 11.7. The van der Waals surface area contributed by atoms with Crippen LogP contribution in [0.4, 0.5) is 0 Å². The first-order chi connectivity index (χ1) is 7.41. The van der Waals surface area contributed by atoms with E-state index in [0.29, 0.717) is 0 Å². The van der Waals surface area contributed by atoms with Crippen LogP contribution in [0, 0.1) is 5.41 Å². The molecule has 5 heteroatoms. The van der Waals surface area contributed by atoms with Gasteiger partial charge in [-0.2, -0.15) is 0 Å². The second kappa shape index (κ2) is 4.13. The monoisotopic (exact) mass is 302 g/mol. The Morgan fingerprint density at radius 2 is 2.31 bits per heavy atom. The van der Waals surface area contributed by atoms with Crippen molar-refractivity contribution in [1.29, 1.82) is 0 Å². The van der Waals surface area contributed by atoms with E-state index in [1.807, 2.05) is 12.1 Å². The molecule has 2 atom stereocenters. The van der Waals surface area contributed by atoms with Crippen molar-refractivity contribution in [2.75, 3.05) is 0 Å². The van der Waals surface area contributed by atoms with Crippen molar-refractivity contribution in [1.82, 2.24) is 5.32 Å². The molecule has 2 unspecified atom stereocenters. The van der Waals surface area contributed by atoms with Crippen molar-refractivity contribution in [3.05, 3.63) is 20.8 Å². The van der Waals surface area contributed by atoms with E-state index in [2.05, 4.69) is 35.1 Å². The maximum absolute atomic E-state index is 11.9. The number of halogens is 1. The van der Waals surface area contributed by atoms with Crippen LogP contribution < -0.4 is 11.1 Å². The number of hydrogen-bond acceptors (Lipinski definition) is 3. The molecule has 0 saturated heterocycles. The van der Waals surface area contributed by atoms with Crippen LogP contribution in [0.2, 0.25) is 0 Å². The van der Waals surface area contributed by atoms with Crippen LogP contribution in [0.25, 0.3) is 0 Å². The van der Waals surface area contributed by atoms with Crippen LogP contribution in [0.1, 0.15) is 29.9 Å². The number of carbonyl (C=O) groups is 1. The first-order valence-electron chi connectivity index (χ1n) is 5.23. The molecule has 16 heavy (non-hydrogen) atoms. The quantitative estimate of drug-likeness (QED) is 0.881. The van der Waals surface area contributed by atoms with Gasteiger partial charge in [0.2, 0.25) is 0 Å². The summed E-state index contributed by atoms with van der Waals surface area (Å²) in [5.41, 5.74) is 5.91. The highest BCUT2D eigenvalue weighted by atomic mass is 79.9. The van der Waals surface area contributed by atoms with Crippen molar-refractivity contribution in [3.63, 3.8) is 0 Å². The van der Waals surface area contributed by atoms with Crippen molar-refractivity contribution in [2.24, 2.45) is 11.1 Å². The average Bonchev–Trinajstić information content (AvgIpc) is 2.64. The van der Waals surface area contributed by atoms with Crippen molar-refractivity contribution in [2.45, 2.75) is 32.4 Å². The van der Waals surface area contributed by atoms with E-state index < -0.39 is 0 Å². The number of rotatable bonds is 2. The fourth-order valence-electron chi connectivity index (χ4n) is 1.87. The molecule has 1 fully saturated rings. The zero-order valence-electron chi connectivity index (χ0n) is 9.29. The largest absolute Gasteiger partial charge is 0.348 e. The van der Waals surface area contributed by atoms with Crippen LogP contribution in [0.15, 0.2) is 15.9 Å². The molecular formula is C11H15BrN2OS. The molecule has 1 aromatic rings. The molecule has 88 valence electrons. The van der Waals surface area contributed by atoms with Crippen LogP contribution in [0.3, 0.4) is 0 Å². The molecule has 3 N–H and O–H groups in total. The third kappa shape index (κ3) is 2.04. The molecule has 1 aliphatic carbocycles. The van der Waals surface area contributed by atoms with E-state index in [1.165, 1.54) is 11.3 Å². The van der Waals surface area contributed by atoms with Gasteiger partial charge in [0.15, 0.2) is 0 Å². The van der Waals surface area contributed by atoms with Gasteiger partial charge in [-0.15, -0.1) is 11.3 Å². The molecule has 1 saturated carbocycles. The van der Waals surface area contributed by atoms with E-state index in [-0.39, 0.29) is 23.4 Å². The average molecular weight is 303 g/mol. The Bertz CT molecular complexity index is 416. The third-order valence-electron chi connectivity index (χ3n) is 3.45. The highest BCUT2D eigenvalue weighted by molar-refractivity contribution is 9.11. The summed E-state index contributed by atoms with van der Waals surface area (Å²) in [6.45, 7) is 4.19. The van der Waals surface area contributed by atoms with Crippen molar-refractivity contribution < 1.29 is 4.79 Å². The predicted molar refractivity (Wildman–Crippen MR) is 69.6 cm³/mol. The summed E-state index contributed by atoms with van der Waals surface area (Å²) >= 11 is 4.79. The van der Waals surface area contributed by atoms with Crippen LogP contribution in [0.5, 0.6) is 0 Å². The summed E-state index contributed by atoms with van der Waals surface area (Å²) in [4.78, 5) is 12.6. The summed E-state index contributed by atoms with van der Waals surface area (Å²) in [5, 5.41) is 3.04. The number of amides is 1. The molecule has 0 radical (unpaired) electrons. The number of hydrogen-bond donors (Lipinski definition) is 2. The van der Waals surface area contributed by atoms with E-state index in [1.54, 1.807) is 0 Å².